The normalized spacial score (nSPS) is 25.6. The minimum Gasteiger partial charge on any atom is -0.455 e. The van der Waals surface area contributed by atoms with Gasteiger partial charge in [-0.15, -0.1) is 0 Å². The Morgan fingerprint density at radius 2 is 1.47 bits per heavy atom. The summed E-state index contributed by atoms with van der Waals surface area (Å²) in [6.45, 7) is 20.9. The number of aliphatic hydroxyl groups is 1. The number of amides is 7. The predicted molar refractivity (Wildman–Crippen MR) is 434 cm³/mol. The van der Waals surface area contributed by atoms with Crippen LogP contribution in [0.4, 0.5) is 29.7 Å². The summed E-state index contributed by atoms with van der Waals surface area (Å²) in [5.41, 5.74) is 0.591. The van der Waals surface area contributed by atoms with E-state index in [2.05, 4.69) is 71.8 Å². The Balaban J connectivity index is 0.507. The SMILES string of the molecule is CC(C)[C@H](NC(=O)CCOCCOCCOCCOCCNC(=O)c1ccc(NC=O)c(Oc2cc(Cl)c(F)c([C@H]3CN[C@@H](CC(C)(C)C)[C@]3(C)c3ccc(Cl)cc3F)c2)c1)C(=O)N[C@@H](C)C(=O)Nc1ccc(COC(=O)N2CCC(NC(=O)O[C@H]3CC[C@]4(C)C5CC[C@]6(C)[C@@H](c7ccc(=O)oc7)CC[C@]6(O)C5CC[C@@H]4C3)CC2)cc1. The van der Waals surface area contributed by atoms with Crippen molar-refractivity contribution < 1.29 is 85.0 Å². The molecule has 11 rings (SSSR count). The maximum absolute atomic E-state index is 16.3. The van der Waals surface area contributed by atoms with Crippen molar-refractivity contribution in [2.75, 3.05) is 89.7 Å². The van der Waals surface area contributed by atoms with E-state index in [9.17, 15) is 43.5 Å². The van der Waals surface area contributed by atoms with Crippen LogP contribution < -0.4 is 47.6 Å². The van der Waals surface area contributed by atoms with Crippen molar-refractivity contribution in [3.05, 3.63) is 151 Å². The number of hydrogen-bond acceptors (Lipinski definition) is 18. The number of fused-ring (bicyclic) bond motifs is 5. The van der Waals surface area contributed by atoms with Gasteiger partial charge in [0.1, 0.15) is 42.2 Å². The van der Waals surface area contributed by atoms with E-state index in [0.29, 0.717) is 74.0 Å². The first kappa shape index (κ1) is 88.5. The summed E-state index contributed by atoms with van der Waals surface area (Å²) in [6.07, 6.45) is 10.6. The van der Waals surface area contributed by atoms with Crippen molar-refractivity contribution in [1.82, 2.24) is 31.5 Å². The van der Waals surface area contributed by atoms with Crippen LogP contribution in [0.15, 0.2) is 100 Å². The number of likely N-dealkylation sites (tertiary alicyclic amines) is 1. The third-order valence-electron chi connectivity index (χ3n) is 25.4. The van der Waals surface area contributed by atoms with Crippen molar-refractivity contribution in [3.8, 4) is 11.5 Å². The summed E-state index contributed by atoms with van der Waals surface area (Å²) in [5.74, 6) is -2.71. The van der Waals surface area contributed by atoms with Gasteiger partial charge in [0.15, 0.2) is 5.75 Å². The van der Waals surface area contributed by atoms with E-state index in [4.69, 9.17) is 60.8 Å². The fraction of sp³-hybridized carbons (Fsp3) is 0.586. The van der Waals surface area contributed by atoms with Gasteiger partial charge in [-0.25, -0.2) is 23.2 Å². The standard InChI is InChI=1S/C87H114Cl2F2N8O17/c1-52(2)77(98-74(101)27-34-109-36-38-111-40-41-112-39-37-110-35-31-92-79(104)55-12-20-71(94-51-100)72(42-55)115-62-45-63(76(91)69(89)46-62)68-48-93-73(47-83(4,5)6)86(68,9)67-19-15-58(88)44-70(67)90)80(105)95-53(3)78(103)96-59-16-10-54(11-17-59)49-114-82(107)99-32-25-60(26-33-99)97-81(106)116-61-22-28-84(7)57(43-61)14-18-66-65(84)23-29-85(8)64(24-30-87(66,85)108)56-13-21-75(102)113-50-56/h10-13,15-17,19-21,42,44-46,50-53,57,60-61,64-66,68,73,77,93,108H,14,18,22-41,43,47-49H2,1-9H3,(H,92,104)(H,94,100)(H,95,105)(H,96,103)(H,97,106)(H,98,101)/t53-,57+,61-,64+,65?,66?,68+,73-,77-,84-,85+,86+,87-/m0/s1. The Hall–Kier alpha value is -8.28. The highest BCUT2D eigenvalue weighted by molar-refractivity contribution is 6.31. The first-order valence-electron chi connectivity index (χ1n) is 40.8. The van der Waals surface area contributed by atoms with Crippen molar-refractivity contribution in [1.29, 1.82) is 0 Å². The molecule has 1 aromatic heterocycles. The molecular weight excluding hydrogens is 1540 g/mol. The molecular formula is C87H114Cl2F2N8O17. The highest BCUT2D eigenvalue weighted by atomic mass is 35.5. The zero-order chi connectivity index (χ0) is 83.3. The highest BCUT2D eigenvalue weighted by Gasteiger charge is 2.67. The first-order chi connectivity index (χ1) is 55.3. The molecule has 2 aliphatic heterocycles. The van der Waals surface area contributed by atoms with Crippen LogP contribution in [-0.4, -0.2) is 167 Å². The van der Waals surface area contributed by atoms with Gasteiger partial charge >= 0.3 is 17.8 Å². The molecule has 7 amide bonds. The third kappa shape index (κ3) is 21.2. The van der Waals surface area contributed by atoms with E-state index in [0.717, 1.165) is 63.4 Å². The van der Waals surface area contributed by atoms with Crippen LogP contribution in [0.25, 0.3) is 0 Å². The number of ether oxygens (including phenoxy) is 7. The Labute approximate surface area is 687 Å². The van der Waals surface area contributed by atoms with Crippen molar-refractivity contribution in [2.45, 2.75) is 206 Å². The fourth-order valence-electron chi connectivity index (χ4n) is 19.1. The average Bonchev–Trinajstić information content (AvgIpc) is 1.69. The van der Waals surface area contributed by atoms with Crippen LogP contribution in [0, 0.1) is 51.6 Å². The second-order valence-electron chi connectivity index (χ2n) is 34.3. The summed E-state index contributed by atoms with van der Waals surface area (Å²) >= 11 is 12.7. The van der Waals surface area contributed by atoms with E-state index in [1.54, 1.807) is 61.4 Å². The number of carbonyl (C=O) groups is 7. The molecule has 13 atom stereocenters. The number of benzene rings is 4. The number of carbonyl (C=O) groups excluding carboxylic acids is 7. The van der Waals surface area contributed by atoms with Crippen LogP contribution >= 0.6 is 23.2 Å². The average molecular weight is 1650 g/mol. The molecule has 116 heavy (non-hydrogen) atoms. The van der Waals surface area contributed by atoms with E-state index in [1.165, 1.54) is 49.4 Å². The molecule has 2 unspecified atom stereocenters. The van der Waals surface area contributed by atoms with Gasteiger partial charge in [-0.1, -0.05) is 96.8 Å². The second kappa shape index (κ2) is 39.1. The van der Waals surface area contributed by atoms with Gasteiger partial charge in [0.05, 0.1) is 75.4 Å². The third-order valence-corrected chi connectivity index (χ3v) is 25.9. The van der Waals surface area contributed by atoms with Gasteiger partial charge in [-0.3, -0.25) is 24.0 Å². The number of nitrogens with zero attached hydrogens (tertiary/aromatic N) is 1. The molecule has 0 spiro atoms. The summed E-state index contributed by atoms with van der Waals surface area (Å²) in [4.78, 5) is 105. The molecule has 4 saturated carbocycles. The van der Waals surface area contributed by atoms with Gasteiger partial charge in [0.2, 0.25) is 24.1 Å². The lowest BCUT2D eigenvalue weighted by atomic mass is 9.43. The smallest absolute Gasteiger partial charge is 0.410 e. The number of nitrogens with one attached hydrogen (secondary N) is 7. The molecule has 2 saturated heterocycles. The molecule has 29 heteroatoms. The van der Waals surface area contributed by atoms with Crippen LogP contribution in [0.2, 0.25) is 10.0 Å². The molecule has 6 aliphatic rings. The molecule has 6 fully saturated rings. The van der Waals surface area contributed by atoms with Crippen molar-refractivity contribution in [3.63, 3.8) is 0 Å². The van der Waals surface area contributed by atoms with Gasteiger partial charge < -0.3 is 84.8 Å². The number of alkyl carbamates (subject to hydrolysis) is 1. The maximum Gasteiger partial charge on any atom is 0.410 e. The number of hydrogen-bond donors (Lipinski definition) is 8. The molecule has 3 heterocycles. The highest BCUT2D eigenvalue weighted by Crippen LogP contribution is 2.71. The fourth-order valence-corrected chi connectivity index (χ4v) is 19.4. The lowest BCUT2D eigenvalue weighted by Crippen LogP contribution is -2.62. The van der Waals surface area contributed by atoms with Gasteiger partial charge in [0.25, 0.3) is 5.91 Å². The maximum atomic E-state index is 16.3. The molecule has 0 bridgehead atoms. The first-order valence-corrected chi connectivity index (χ1v) is 41.5. The lowest BCUT2D eigenvalue weighted by Gasteiger charge is -2.63. The minimum atomic E-state index is -0.963. The Kier molecular flexibility index (Phi) is 29.8. The number of piperidine rings is 1. The summed E-state index contributed by atoms with van der Waals surface area (Å²) < 4.78 is 77.9. The molecule has 0 radical (unpaired) electrons. The number of anilines is 2. The Morgan fingerprint density at radius 1 is 0.759 bits per heavy atom. The van der Waals surface area contributed by atoms with Crippen LogP contribution in [0.3, 0.4) is 0 Å². The molecule has 5 aromatic rings. The van der Waals surface area contributed by atoms with Gasteiger partial charge in [0, 0.05) is 89.8 Å². The van der Waals surface area contributed by atoms with Gasteiger partial charge in [-0.2, -0.15) is 0 Å². The Morgan fingerprint density at radius 3 is 2.14 bits per heavy atom. The van der Waals surface area contributed by atoms with Gasteiger partial charge in [-0.05, 0) is 201 Å². The lowest BCUT2D eigenvalue weighted by molar-refractivity contribution is -0.205. The van der Waals surface area contributed by atoms with E-state index in [1.807, 2.05) is 13.0 Å². The summed E-state index contributed by atoms with van der Waals surface area (Å²) in [5, 5.41) is 32.9. The van der Waals surface area contributed by atoms with Crippen molar-refractivity contribution in [2.24, 2.45) is 39.9 Å². The van der Waals surface area contributed by atoms with E-state index < -0.39 is 76.5 Å². The molecule has 25 nitrogen and oxygen atoms in total. The van der Waals surface area contributed by atoms with E-state index in [-0.39, 0.29) is 169 Å². The monoisotopic (exact) mass is 1650 g/mol. The second-order valence-corrected chi connectivity index (χ2v) is 35.2. The van der Waals surface area contributed by atoms with E-state index >= 15 is 8.78 Å². The van der Waals surface area contributed by atoms with Crippen LogP contribution in [-0.2, 0) is 59.6 Å². The zero-order valence-electron chi connectivity index (χ0n) is 67.9. The molecule has 4 aromatic carbocycles. The molecule has 4 aliphatic carbocycles. The van der Waals surface area contributed by atoms with Crippen molar-refractivity contribution >= 4 is 76.8 Å². The minimum absolute atomic E-state index is 0.00553. The largest absolute Gasteiger partial charge is 0.455 e. The Bertz CT molecular complexity index is 4320. The molecule has 8 N–H and O–H groups in total. The summed E-state index contributed by atoms with van der Waals surface area (Å²) in [7, 11) is 0. The number of rotatable bonds is 34. The topological polar surface area (TPSA) is 322 Å². The number of halogens is 4. The predicted octanol–water partition coefficient (Wildman–Crippen LogP) is 13.6. The zero-order valence-corrected chi connectivity index (χ0v) is 69.4. The summed E-state index contributed by atoms with van der Waals surface area (Å²) in [6, 6.07) is 19.6. The van der Waals surface area contributed by atoms with Crippen LogP contribution in [0.1, 0.15) is 190 Å². The van der Waals surface area contributed by atoms with Crippen LogP contribution in [0.5, 0.6) is 11.5 Å². The molecule has 632 valence electrons. The quantitative estimate of drug-likeness (QED) is 0.0140.